The fourth-order valence-electron chi connectivity index (χ4n) is 1.83. The van der Waals surface area contributed by atoms with E-state index in [9.17, 15) is 4.79 Å². The molecule has 0 spiro atoms. The third-order valence-electron chi connectivity index (χ3n) is 2.99. The minimum Gasteiger partial charge on any atom is -0.389 e. The number of anilines is 1. The van der Waals surface area contributed by atoms with Crippen molar-refractivity contribution in [3.8, 4) is 0 Å². The van der Waals surface area contributed by atoms with Crippen LogP contribution in [0.4, 0.5) is 5.82 Å². The number of aryl methyl sites for hydroxylation is 1. The molecule has 102 valence electrons. The molecule has 0 aliphatic heterocycles. The van der Waals surface area contributed by atoms with Gasteiger partial charge in [0, 0.05) is 25.2 Å². The normalized spacial score (nSPS) is 13.9. The SMILES string of the molecule is Cc1ccnc(NCCC(=O)NC2CC2)c1C(N)=S. The van der Waals surface area contributed by atoms with E-state index >= 15 is 0 Å². The van der Waals surface area contributed by atoms with Crippen LogP contribution >= 0.6 is 12.2 Å². The van der Waals surface area contributed by atoms with E-state index in [1.54, 1.807) is 6.20 Å². The summed E-state index contributed by atoms with van der Waals surface area (Å²) in [5, 5.41) is 6.06. The first-order valence-electron chi connectivity index (χ1n) is 6.36. The van der Waals surface area contributed by atoms with Gasteiger partial charge in [0.1, 0.15) is 10.8 Å². The monoisotopic (exact) mass is 278 g/mol. The first-order valence-corrected chi connectivity index (χ1v) is 6.77. The van der Waals surface area contributed by atoms with Crippen molar-refractivity contribution in [2.75, 3.05) is 11.9 Å². The molecule has 2 rings (SSSR count). The summed E-state index contributed by atoms with van der Waals surface area (Å²) in [4.78, 5) is 16.1. The van der Waals surface area contributed by atoms with E-state index in [0.29, 0.717) is 29.8 Å². The number of nitrogens with zero attached hydrogens (tertiary/aromatic N) is 1. The Hall–Kier alpha value is -1.69. The highest BCUT2D eigenvalue weighted by molar-refractivity contribution is 7.80. The summed E-state index contributed by atoms with van der Waals surface area (Å²) in [5.41, 5.74) is 7.42. The molecule has 1 aliphatic carbocycles. The molecule has 1 heterocycles. The molecule has 6 heteroatoms. The first kappa shape index (κ1) is 13.7. The molecular formula is C13H18N4OS. The van der Waals surface area contributed by atoms with Gasteiger partial charge in [0.05, 0.1) is 5.56 Å². The first-order chi connectivity index (χ1) is 9.08. The van der Waals surface area contributed by atoms with Gasteiger partial charge in [0.2, 0.25) is 5.91 Å². The Bertz CT molecular complexity index is 499. The average molecular weight is 278 g/mol. The molecule has 1 aromatic heterocycles. The molecule has 1 fully saturated rings. The molecule has 1 aliphatic rings. The number of carbonyl (C=O) groups is 1. The van der Waals surface area contributed by atoms with Crippen LogP contribution in [0.2, 0.25) is 0 Å². The van der Waals surface area contributed by atoms with Crippen molar-refractivity contribution >= 4 is 28.9 Å². The third-order valence-corrected chi connectivity index (χ3v) is 3.20. The van der Waals surface area contributed by atoms with Gasteiger partial charge in [0.25, 0.3) is 0 Å². The zero-order valence-electron chi connectivity index (χ0n) is 10.9. The number of nitrogens with two attached hydrogens (primary N) is 1. The quantitative estimate of drug-likeness (QED) is 0.679. The van der Waals surface area contributed by atoms with Crippen LogP contribution in [0.25, 0.3) is 0 Å². The van der Waals surface area contributed by atoms with E-state index < -0.39 is 0 Å². The highest BCUT2D eigenvalue weighted by Gasteiger charge is 2.22. The van der Waals surface area contributed by atoms with Crippen molar-refractivity contribution in [3.05, 3.63) is 23.4 Å². The van der Waals surface area contributed by atoms with Crippen LogP contribution in [0.15, 0.2) is 12.3 Å². The molecule has 0 atom stereocenters. The van der Waals surface area contributed by atoms with Gasteiger partial charge in [-0.25, -0.2) is 4.98 Å². The summed E-state index contributed by atoms with van der Waals surface area (Å²) < 4.78 is 0. The van der Waals surface area contributed by atoms with E-state index in [-0.39, 0.29) is 5.91 Å². The molecule has 0 radical (unpaired) electrons. The fourth-order valence-corrected chi connectivity index (χ4v) is 2.08. The summed E-state index contributed by atoms with van der Waals surface area (Å²) in [5.74, 6) is 0.714. The molecular weight excluding hydrogens is 260 g/mol. The zero-order valence-corrected chi connectivity index (χ0v) is 11.7. The summed E-state index contributed by atoms with van der Waals surface area (Å²) in [7, 11) is 0. The third kappa shape index (κ3) is 3.89. The van der Waals surface area contributed by atoms with Crippen molar-refractivity contribution in [2.24, 2.45) is 5.73 Å². The second-order valence-corrected chi connectivity index (χ2v) is 5.17. The van der Waals surface area contributed by atoms with Gasteiger partial charge in [-0.05, 0) is 31.4 Å². The Labute approximate surface area is 118 Å². The number of rotatable bonds is 6. The summed E-state index contributed by atoms with van der Waals surface area (Å²) in [6.45, 7) is 2.45. The predicted molar refractivity (Wildman–Crippen MR) is 79.1 cm³/mol. The summed E-state index contributed by atoms with van der Waals surface area (Å²) in [6, 6.07) is 2.26. The molecule has 4 N–H and O–H groups in total. The van der Waals surface area contributed by atoms with Crippen LogP contribution in [0.5, 0.6) is 0 Å². The molecule has 0 unspecified atom stereocenters. The smallest absolute Gasteiger partial charge is 0.221 e. The van der Waals surface area contributed by atoms with Crippen LogP contribution < -0.4 is 16.4 Å². The Morgan fingerprint density at radius 1 is 1.58 bits per heavy atom. The highest BCUT2D eigenvalue weighted by Crippen LogP contribution is 2.19. The summed E-state index contributed by atoms with van der Waals surface area (Å²) in [6.07, 6.45) is 4.32. The van der Waals surface area contributed by atoms with Crippen LogP contribution in [0.1, 0.15) is 30.4 Å². The van der Waals surface area contributed by atoms with Gasteiger partial charge >= 0.3 is 0 Å². The largest absolute Gasteiger partial charge is 0.389 e. The van der Waals surface area contributed by atoms with Gasteiger partial charge in [-0.3, -0.25) is 4.79 Å². The Morgan fingerprint density at radius 3 is 2.95 bits per heavy atom. The highest BCUT2D eigenvalue weighted by atomic mass is 32.1. The minimum atomic E-state index is 0.0690. The number of carbonyl (C=O) groups excluding carboxylic acids is 1. The van der Waals surface area contributed by atoms with Gasteiger partial charge in [-0.15, -0.1) is 0 Å². The molecule has 0 aromatic carbocycles. The lowest BCUT2D eigenvalue weighted by Crippen LogP contribution is -2.27. The van der Waals surface area contributed by atoms with E-state index in [2.05, 4.69) is 15.6 Å². The van der Waals surface area contributed by atoms with Gasteiger partial charge in [0.15, 0.2) is 0 Å². The van der Waals surface area contributed by atoms with Crippen molar-refractivity contribution in [1.29, 1.82) is 0 Å². The molecule has 0 bridgehead atoms. The number of hydrogen-bond acceptors (Lipinski definition) is 4. The average Bonchev–Trinajstić information content (AvgIpc) is 3.12. The molecule has 1 saturated carbocycles. The Morgan fingerprint density at radius 2 is 2.32 bits per heavy atom. The minimum absolute atomic E-state index is 0.0690. The van der Waals surface area contributed by atoms with E-state index in [1.165, 1.54) is 0 Å². The predicted octanol–water partition coefficient (Wildman–Crippen LogP) is 1.10. The fraction of sp³-hybridized carbons (Fsp3) is 0.462. The maximum atomic E-state index is 11.5. The maximum absolute atomic E-state index is 11.5. The number of pyridine rings is 1. The number of thiocarbonyl (C=S) groups is 1. The second-order valence-electron chi connectivity index (χ2n) is 4.73. The van der Waals surface area contributed by atoms with Crippen LogP contribution in [-0.4, -0.2) is 28.5 Å². The molecule has 19 heavy (non-hydrogen) atoms. The van der Waals surface area contributed by atoms with E-state index in [4.69, 9.17) is 18.0 Å². The van der Waals surface area contributed by atoms with Crippen molar-refractivity contribution < 1.29 is 4.79 Å². The van der Waals surface area contributed by atoms with Crippen molar-refractivity contribution in [2.45, 2.75) is 32.2 Å². The Kier molecular flexibility index (Phi) is 4.31. The standard InChI is InChI=1S/C13H18N4OS/c1-8-4-6-15-13(11(8)12(14)19)16-7-5-10(18)17-9-2-3-9/h4,6,9H,2-3,5,7H2,1H3,(H2,14,19)(H,15,16)(H,17,18). The lowest BCUT2D eigenvalue weighted by Gasteiger charge is -2.12. The van der Waals surface area contributed by atoms with Gasteiger partial charge in [-0.2, -0.15) is 0 Å². The molecule has 5 nitrogen and oxygen atoms in total. The molecule has 0 saturated heterocycles. The van der Waals surface area contributed by atoms with Crippen LogP contribution in [0, 0.1) is 6.92 Å². The van der Waals surface area contributed by atoms with Crippen molar-refractivity contribution in [3.63, 3.8) is 0 Å². The second kappa shape index (κ2) is 5.97. The molecule has 1 aromatic rings. The van der Waals surface area contributed by atoms with Crippen molar-refractivity contribution in [1.82, 2.24) is 10.3 Å². The number of amides is 1. The number of aromatic nitrogens is 1. The summed E-state index contributed by atoms with van der Waals surface area (Å²) >= 11 is 5.02. The number of nitrogens with one attached hydrogen (secondary N) is 2. The molecule has 1 amide bonds. The van der Waals surface area contributed by atoms with Gasteiger partial charge in [-0.1, -0.05) is 12.2 Å². The lowest BCUT2D eigenvalue weighted by atomic mass is 10.1. The zero-order chi connectivity index (χ0) is 13.8. The van der Waals surface area contributed by atoms with Crippen LogP contribution in [0.3, 0.4) is 0 Å². The van der Waals surface area contributed by atoms with Gasteiger partial charge < -0.3 is 16.4 Å². The van der Waals surface area contributed by atoms with E-state index in [1.807, 2.05) is 13.0 Å². The maximum Gasteiger partial charge on any atom is 0.221 e. The Balaban J connectivity index is 1.89. The number of hydrogen-bond donors (Lipinski definition) is 3. The topological polar surface area (TPSA) is 80.0 Å². The van der Waals surface area contributed by atoms with Crippen LogP contribution in [-0.2, 0) is 4.79 Å². The van der Waals surface area contributed by atoms with E-state index in [0.717, 1.165) is 24.0 Å². The lowest BCUT2D eigenvalue weighted by molar-refractivity contribution is -0.120.